The van der Waals surface area contributed by atoms with Crippen LogP contribution in [0.3, 0.4) is 0 Å². The lowest BCUT2D eigenvalue weighted by Gasteiger charge is -2.26. The second-order valence-electron chi connectivity index (χ2n) is 12.6. The maximum atomic E-state index is 6.54. The van der Waals surface area contributed by atoms with Crippen molar-refractivity contribution in [1.29, 1.82) is 0 Å². The van der Waals surface area contributed by atoms with Gasteiger partial charge < -0.3 is 19.8 Å². The monoisotopic (exact) mass is 736 g/mol. The number of hydrogen-bond donors (Lipinski definition) is 2. The molecule has 1 aliphatic rings. The summed E-state index contributed by atoms with van der Waals surface area (Å²) in [6.45, 7) is 3.91. The van der Waals surface area contributed by atoms with E-state index in [1.807, 2.05) is 138 Å². The lowest BCUT2D eigenvalue weighted by molar-refractivity contribution is 0.405. The molecule has 8 aromatic rings. The van der Waals surface area contributed by atoms with Gasteiger partial charge in [0, 0.05) is 28.8 Å². The van der Waals surface area contributed by atoms with Gasteiger partial charge in [-0.3, -0.25) is 0 Å². The van der Waals surface area contributed by atoms with Gasteiger partial charge >= 0.3 is 0 Å². The Morgan fingerprint density at radius 2 is 1.13 bits per heavy atom. The lowest BCUT2D eigenvalue weighted by Crippen LogP contribution is -2.15. The number of anilines is 4. The first kappa shape index (κ1) is 32.5. The maximum absolute atomic E-state index is 6.54. The first-order valence-electron chi connectivity index (χ1n) is 16.9. The van der Waals surface area contributed by atoms with E-state index in [0.717, 1.165) is 51.1 Å². The minimum atomic E-state index is -0.373. The summed E-state index contributed by atoms with van der Waals surface area (Å²) in [5.74, 6) is 4.46. The molecule has 3 aromatic carbocycles. The highest BCUT2D eigenvalue weighted by molar-refractivity contribution is 6.42. The summed E-state index contributed by atoms with van der Waals surface area (Å²) in [5.41, 5.74) is 6.04. The molecule has 53 heavy (non-hydrogen) atoms. The summed E-state index contributed by atoms with van der Waals surface area (Å²) in [6, 6.07) is 41.0. The Balaban J connectivity index is 1.10. The molecule has 9 rings (SSSR count). The number of pyridine rings is 2. The van der Waals surface area contributed by atoms with Crippen LogP contribution in [0.4, 0.5) is 23.3 Å². The lowest BCUT2D eigenvalue weighted by atomic mass is 9.89. The smallest absolute Gasteiger partial charge is 0.227 e. The highest BCUT2D eigenvalue weighted by Crippen LogP contribution is 2.48. The topological polar surface area (TPSA) is 108 Å². The Kier molecular flexibility index (Phi) is 8.18. The average molecular weight is 738 g/mol. The van der Waals surface area contributed by atoms with Crippen LogP contribution in [0, 0.1) is 13.8 Å². The van der Waals surface area contributed by atoms with Crippen LogP contribution in [0.1, 0.15) is 34.2 Å². The van der Waals surface area contributed by atoms with Crippen molar-refractivity contribution in [2.24, 2.45) is 0 Å². The quantitative estimate of drug-likeness (QED) is 0.159. The predicted octanol–water partition coefficient (Wildman–Crippen LogP) is 10.8. The summed E-state index contributed by atoms with van der Waals surface area (Å²) in [5, 5.41) is 17.2. The van der Waals surface area contributed by atoms with Gasteiger partial charge in [-0.25, -0.2) is 9.36 Å². The van der Waals surface area contributed by atoms with Crippen molar-refractivity contribution in [2.45, 2.75) is 19.8 Å². The SMILES string of the molecule is Cc1cc(Nc2ccc3c(n2)Oc2nc(Nc4cc(C)nn4-c4ccccc4)ccc2C3c2ccc(-c3ccc(Cl)c(Cl)c3)o2)n(-c2ccccc2)n1. The van der Waals surface area contributed by atoms with Crippen molar-refractivity contribution in [3.8, 4) is 34.5 Å². The van der Waals surface area contributed by atoms with Crippen LogP contribution in [-0.4, -0.2) is 29.5 Å². The molecule has 0 saturated carbocycles. The second-order valence-corrected chi connectivity index (χ2v) is 13.4. The Bertz CT molecular complexity index is 2480. The number of hydrogen-bond acceptors (Lipinski definition) is 8. The molecule has 0 radical (unpaired) electrons. The van der Waals surface area contributed by atoms with E-state index in [2.05, 4.69) is 10.6 Å². The van der Waals surface area contributed by atoms with Crippen LogP contribution in [-0.2, 0) is 0 Å². The van der Waals surface area contributed by atoms with Crippen molar-refractivity contribution in [3.63, 3.8) is 0 Å². The molecule has 0 amide bonds. The number of nitrogens with zero attached hydrogens (tertiary/aromatic N) is 6. The fourth-order valence-corrected chi connectivity index (χ4v) is 6.79. The van der Waals surface area contributed by atoms with Crippen LogP contribution in [0.15, 0.2) is 132 Å². The van der Waals surface area contributed by atoms with Gasteiger partial charge in [0.2, 0.25) is 11.8 Å². The van der Waals surface area contributed by atoms with Crippen LogP contribution in [0.2, 0.25) is 10.0 Å². The molecule has 0 aliphatic carbocycles. The van der Waals surface area contributed by atoms with Gasteiger partial charge in [0.05, 0.1) is 38.7 Å². The molecule has 0 spiro atoms. The number of aromatic nitrogens is 6. The molecule has 0 saturated heterocycles. The molecule has 12 heteroatoms. The summed E-state index contributed by atoms with van der Waals surface area (Å²) in [7, 11) is 0. The Morgan fingerprint density at radius 3 is 1.66 bits per heavy atom. The number of benzene rings is 3. The number of aryl methyl sites for hydroxylation is 2. The van der Waals surface area contributed by atoms with Gasteiger partial charge in [-0.2, -0.15) is 20.2 Å². The minimum absolute atomic E-state index is 0.373. The van der Waals surface area contributed by atoms with Crippen LogP contribution in [0.5, 0.6) is 11.8 Å². The maximum Gasteiger partial charge on any atom is 0.227 e. The van der Waals surface area contributed by atoms with E-state index in [1.165, 1.54) is 0 Å². The van der Waals surface area contributed by atoms with Crippen molar-refractivity contribution in [1.82, 2.24) is 29.5 Å². The second kappa shape index (κ2) is 13.3. The van der Waals surface area contributed by atoms with Gasteiger partial charge in [0.25, 0.3) is 0 Å². The Hall–Kier alpha value is -6.36. The van der Waals surface area contributed by atoms with Gasteiger partial charge in [-0.15, -0.1) is 0 Å². The Morgan fingerprint density at radius 1 is 0.585 bits per heavy atom. The number of halogens is 2. The number of fused-ring (bicyclic) bond motifs is 2. The minimum Gasteiger partial charge on any atom is -0.460 e. The number of nitrogens with one attached hydrogen (secondary N) is 2. The Labute approximate surface area is 314 Å². The number of rotatable bonds is 8. The molecule has 0 atom stereocenters. The van der Waals surface area contributed by atoms with Crippen LogP contribution >= 0.6 is 23.2 Å². The average Bonchev–Trinajstić information content (AvgIpc) is 3.90. The van der Waals surface area contributed by atoms with Crippen molar-refractivity contribution >= 4 is 46.5 Å². The molecule has 260 valence electrons. The first-order valence-corrected chi connectivity index (χ1v) is 17.6. The zero-order valence-corrected chi connectivity index (χ0v) is 30.0. The molecule has 0 unspecified atom stereocenters. The third-order valence-corrected chi connectivity index (χ3v) is 9.63. The summed E-state index contributed by atoms with van der Waals surface area (Å²) < 4.78 is 16.8. The molecule has 10 nitrogen and oxygen atoms in total. The number of ether oxygens (including phenoxy) is 1. The van der Waals surface area contributed by atoms with Gasteiger partial charge in [0.1, 0.15) is 34.8 Å². The highest BCUT2D eigenvalue weighted by Gasteiger charge is 2.34. The number of para-hydroxylation sites is 2. The van der Waals surface area contributed by atoms with Crippen LogP contribution < -0.4 is 15.4 Å². The summed E-state index contributed by atoms with van der Waals surface area (Å²) >= 11 is 12.6. The molecule has 0 bridgehead atoms. The zero-order chi connectivity index (χ0) is 36.1. The highest BCUT2D eigenvalue weighted by atomic mass is 35.5. The third kappa shape index (κ3) is 6.28. The molecular weight excluding hydrogens is 707 g/mol. The van der Waals surface area contributed by atoms with Crippen LogP contribution in [0.25, 0.3) is 22.7 Å². The van der Waals surface area contributed by atoms with Gasteiger partial charge in [-0.05, 0) is 92.7 Å². The molecule has 5 aromatic heterocycles. The van der Waals surface area contributed by atoms with E-state index in [-0.39, 0.29) is 5.92 Å². The molecule has 6 heterocycles. The summed E-state index contributed by atoms with van der Waals surface area (Å²) in [6.07, 6.45) is 0. The van der Waals surface area contributed by atoms with E-state index < -0.39 is 0 Å². The van der Waals surface area contributed by atoms with E-state index in [9.17, 15) is 0 Å². The normalized spacial score (nSPS) is 12.2. The zero-order valence-electron chi connectivity index (χ0n) is 28.5. The van der Waals surface area contributed by atoms with E-state index in [4.69, 9.17) is 52.5 Å². The van der Waals surface area contributed by atoms with Crippen molar-refractivity contribution in [2.75, 3.05) is 10.6 Å². The summed E-state index contributed by atoms with van der Waals surface area (Å²) in [4.78, 5) is 9.92. The predicted molar refractivity (Wildman–Crippen MR) is 207 cm³/mol. The standard InChI is InChI=1S/C41H30Cl2N8O2/c1-24-21-37(50(48-24)27-9-5-3-6-10-27)44-35-19-14-29-39(34-18-17-33(52-34)26-13-16-31(42)32(43)23-26)30-15-20-36(47-41(30)53-40(29)46-35)45-38-22-25(2)49-51(38)28-11-7-4-8-12-28/h3-23,39H,1-2H3,(H,44,46)(H,45,47). The van der Waals surface area contributed by atoms with Crippen molar-refractivity contribution in [3.05, 3.63) is 166 Å². The third-order valence-electron chi connectivity index (χ3n) is 8.89. The van der Waals surface area contributed by atoms with E-state index in [0.29, 0.717) is 45.0 Å². The number of furan rings is 1. The van der Waals surface area contributed by atoms with E-state index in [1.54, 1.807) is 12.1 Å². The van der Waals surface area contributed by atoms with Crippen molar-refractivity contribution < 1.29 is 9.15 Å². The fourth-order valence-electron chi connectivity index (χ4n) is 6.49. The molecule has 2 N–H and O–H groups in total. The molecule has 0 fully saturated rings. The first-order chi connectivity index (χ1) is 25.9. The molecular formula is C41H30Cl2N8O2. The largest absolute Gasteiger partial charge is 0.460 e. The fraction of sp³-hybridized carbons (Fsp3) is 0.0732. The van der Waals surface area contributed by atoms with Gasteiger partial charge in [0.15, 0.2) is 0 Å². The van der Waals surface area contributed by atoms with Gasteiger partial charge in [-0.1, -0.05) is 59.6 Å². The van der Waals surface area contributed by atoms with E-state index >= 15 is 0 Å². The molecule has 1 aliphatic heterocycles.